The molecule has 0 saturated heterocycles. The van der Waals surface area contributed by atoms with Crippen molar-refractivity contribution in [2.45, 2.75) is 19.7 Å². The van der Waals surface area contributed by atoms with Gasteiger partial charge in [0.1, 0.15) is 11.6 Å². The van der Waals surface area contributed by atoms with Crippen LogP contribution in [0.5, 0.6) is 11.6 Å². The number of hydrogen-bond donors (Lipinski definition) is 0. The van der Waals surface area contributed by atoms with Crippen molar-refractivity contribution in [1.82, 2.24) is 9.78 Å². The molecule has 0 atom stereocenters. The minimum absolute atomic E-state index is 0.309. The van der Waals surface area contributed by atoms with Gasteiger partial charge in [0.15, 0.2) is 0 Å². The number of rotatable bonds is 3. The van der Waals surface area contributed by atoms with Gasteiger partial charge in [-0.2, -0.15) is 5.10 Å². The molecule has 5 heteroatoms. The largest absolute Gasteiger partial charge is 0.439 e. The third-order valence-electron chi connectivity index (χ3n) is 2.78. The molecule has 0 aliphatic carbocycles. The van der Waals surface area contributed by atoms with E-state index < -0.39 is 0 Å². The van der Waals surface area contributed by atoms with E-state index in [1.54, 1.807) is 17.8 Å². The molecule has 0 amide bonds. The highest BCUT2D eigenvalue weighted by Crippen LogP contribution is 2.30. The molecule has 18 heavy (non-hydrogen) atoms. The molecule has 0 saturated carbocycles. The number of ether oxygens (including phenoxy) is 1. The van der Waals surface area contributed by atoms with E-state index in [1.807, 2.05) is 13.8 Å². The lowest BCUT2D eigenvalue weighted by molar-refractivity contribution is 0.421. The number of aromatic nitrogens is 2. The second-order valence-electron chi connectivity index (χ2n) is 4.14. The smallest absolute Gasteiger partial charge is 0.222 e. The van der Waals surface area contributed by atoms with Crippen LogP contribution < -0.4 is 4.74 Å². The highest BCUT2D eigenvalue weighted by molar-refractivity contribution is 6.17. The van der Waals surface area contributed by atoms with E-state index >= 15 is 0 Å². The summed E-state index contributed by atoms with van der Waals surface area (Å²) in [5.74, 6) is 1.01. The quantitative estimate of drug-likeness (QED) is 0.794. The zero-order chi connectivity index (χ0) is 13.3. The number of nitrogens with zero attached hydrogens (tertiary/aromatic N) is 2. The summed E-state index contributed by atoms with van der Waals surface area (Å²) in [6, 6.07) is 4.43. The number of alkyl halides is 1. The Morgan fingerprint density at radius 1 is 1.39 bits per heavy atom. The van der Waals surface area contributed by atoms with Gasteiger partial charge in [-0.25, -0.2) is 9.07 Å². The third kappa shape index (κ3) is 2.34. The fourth-order valence-electron chi connectivity index (χ4n) is 1.75. The van der Waals surface area contributed by atoms with Crippen LogP contribution in [0, 0.1) is 19.7 Å². The zero-order valence-electron chi connectivity index (χ0n) is 10.5. The van der Waals surface area contributed by atoms with Gasteiger partial charge in [0.25, 0.3) is 0 Å². The van der Waals surface area contributed by atoms with E-state index in [1.165, 1.54) is 12.1 Å². The van der Waals surface area contributed by atoms with Gasteiger partial charge in [-0.15, -0.1) is 11.6 Å². The fraction of sp³-hybridized carbons (Fsp3) is 0.308. The lowest BCUT2D eigenvalue weighted by Gasteiger charge is -2.10. The molecule has 1 aromatic heterocycles. The molecular weight excluding hydrogens is 255 g/mol. The Balaban J connectivity index is 2.42. The Labute approximate surface area is 110 Å². The van der Waals surface area contributed by atoms with Gasteiger partial charge in [-0.3, -0.25) is 0 Å². The summed E-state index contributed by atoms with van der Waals surface area (Å²) < 4.78 is 20.6. The summed E-state index contributed by atoms with van der Waals surface area (Å²) in [7, 11) is 1.77. The zero-order valence-corrected chi connectivity index (χ0v) is 11.3. The summed E-state index contributed by atoms with van der Waals surface area (Å²) in [4.78, 5) is 0. The van der Waals surface area contributed by atoms with Gasteiger partial charge in [0, 0.05) is 13.1 Å². The van der Waals surface area contributed by atoms with Crippen molar-refractivity contribution >= 4 is 11.6 Å². The second kappa shape index (κ2) is 4.98. The van der Waals surface area contributed by atoms with Crippen LogP contribution in [-0.4, -0.2) is 9.78 Å². The van der Waals surface area contributed by atoms with Crippen LogP contribution >= 0.6 is 11.6 Å². The first-order valence-electron chi connectivity index (χ1n) is 5.55. The highest BCUT2D eigenvalue weighted by atomic mass is 35.5. The second-order valence-corrected chi connectivity index (χ2v) is 4.41. The molecule has 3 nitrogen and oxygen atoms in total. The number of benzene rings is 1. The molecule has 0 aliphatic rings. The molecule has 2 aromatic rings. The van der Waals surface area contributed by atoms with Crippen molar-refractivity contribution in [2.75, 3.05) is 0 Å². The maximum absolute atomic E-state index is 13.2. The van der Waals surface area contributed by atoms with Crippen molar-refractivity contribution in [3.63, 3.8) is 0 Å². The predicted molar refractivity (Wildman–Crippen MR) is 68.7 cm³/mol. The molecule has 0 fully saturated rings. The van der Waals surface area contributed by atoms with E-state index in [2.05, 4.69) is 5.10 Å². The maximum atomic E-state index is 13.2. The van der Waals surface area contributed by atoms with Crippen LogP contribution in [-0.2, 0) is 12.9 Å². The van der Waals surface area contributed by atoms with Gasteiger partial charge in [-0.1, -0.05) is 6.07 Å². The predicted octanol–water partition coefficient (Wildman–Crippen LogP) is 3.71. The van der Waals surface area contributed by atoms with Crippen molar-refractivity contribution in [1.29, 1.82) is 0 Å². The number of hydrogen-bond acceptors (Lipinski definition) is 2. The Kier molecular flexibility index (Phi) is 3.57. The average molecular weight is 269 g/mol. The molecule has 0 N–H and O–H groups in total. The van der Waals surface area contributed by atoms with E-state index in [4.69, 9.17) is 16.3 Å². The standard InChI is InChI=1S/C13H14ClFN2O/c1-8-4-5-10(15)6-12(8)18-13-11(7-14)9(2)16-17(13)3/h4-6H,7H2,1-3H3. The lowest BCUT2D eigenvalue weighted by atomic mass is 10.2. The first-order chi connectivity index (χ1) is 8.52. The maximum Gasteiger partial charge on any atom is 0.222 e. The monoisotopic (exact) mass is 268 g/mol. The Bertz CT molecular complexity index is 581. The van der Waals surface area contributed by atoms with Gasteiger partial charge in [-0.05, 0) is 25.5 Å². The minimum Gasteiger partial charge on any atom is -0.439 e. The van der Waals surface area contributed by atoms with Gasteiger partial charge < -0.3 is 4.74 Å². The molecule has 0 bridgehead atoms. The van der Waals surface area contributed by atoms with Crippen LogP contribution in [0.25, 0.3) is 0 Å². The molecule has 0 aliphatic heterocycles. The minimum atomic E-state index is -0.332. The number of halogens is 2. The summed E-state index contributed by atoms with van der Waals surface area (Å²) in [5, 5.41) is 4.24. The Morgan fingerprint density at radius 3 is 2.78 bits per heavy atom. The highest BCUT2D eigenvalue weighted by Gasteiger charge is 2.15. The first kappa shape index (κ1) is 12.9. The van der Waals surface area contributed by atoms with Gasteiger partial charge in [0.05, 0.1) is 17.1 Å². The van der Waals surface area contributed by atoms with E-state index in [-0.39, 0.29) is 5.82 Å². The van der Waals surface area contributed by atoms with E-state index in [0.29, 0.717) is 17.5 Å². The topological polar surface area (TPSA) is 27.1 Å². The normalized spacial score (nSPS) is 10.7. The van der Waals surface area contributed by atoms with Crippen molar-refractivity contribution in [3.8, 4) is 11.6 Å². The van der Waals surface area contributed by atoms with Gasteiger partial charge >= 0.3 is 0 Å². The van der Waals surface area contributed by atoms with Crippen molar-refractivity contribution in [3.05, 3.63) is 40.8 Å². The van der Waals surface area contributed by atoms with Crippen LogP contribution in [0.15, 0.2) is 18.2 Å². The SMILES string of the molecule is Cc1ccc(F)cc1Oc1c(CCl)c(C)nn1C. The summed E-state index contributed by atoms with van der Waals surface area (Å²) in [6.45, 7) is 3.72. The Hall–Kier alpha value is -1.55. The number of aryl methyl sites for hydroxylation is 3. The molecule has 2 rings (SSSR count). The molecule has 96 valence electrons. The molecule has 1 heterocycles. The van der Waals surface area contributed by atoms with Crippen molar-refractivity contribution in [2.24, 2.45) is 7.05 Å². The Morgan fingerprint density at radius 2 is 2.11 bits per heavy atom. The average Bonchev–Trinajstić information content (AvgIpc) is 2.58. The van der Waals surface area contributed by atoms with E-state index in [9.17, 15) is 4.39 Å². The molecule has 1 aromatic carbocycles. The molecular formula is C13H14ClFN2O. The van der Waals surface area contributed by atoms with E-state index in [0.717, 1.165) is 16.8 Å². The van der Waals surface area contributed by atoms with Crippen molar-refractivity contribution < 1.29 is 9.13 Å². The summed E-state index contributed by atoms with van der Waals surface area (Å²) in [5.41, 5.74) is 2.50. The van der Waals surface area contributed by atoms with Crippen LogP contribution in [0.4, 0.5) is 4.39 Å². The van der Waals surface area contributed by atoms with Crippen LogP contribution in [0.2, 0.25) is 0 Å². The third-order valence-corrected chi connectivity index (χ3v) is 3.05. The summed E-state index contributed by atoms with van der Waals surface area (Å²) in [6.07, 6.45) is 0. The molecule has 0 unspecified atom stereocenters. The fourth-order valence-corrected chi connectivity index (χ4v) is 2.06. The van der Waals surface area contributed by atoms with Crippen LogP contribution in [0.1, 0.15) is 16.8 Å². The van der Waals surface area contributed by atoms with Crippen LogP contribution in [0.3, 0.4) is 0 Å². The lowest BCUT2D eigenvalue weighted by Crippen LogP contribution is -1.98. The molecule has 0 radical (unpaired) electrons. The molecule has 0 spiro atoms. The first-order valence-corrected chi connectivity index (χ1v) is 6.09. The van der Waals surface area contributed by atoms with Gasteiger partial charge in [0.2, 0.25) is 5.88 Å². The summed E-state index contributed by atoms with van der Waals surface area (Å²) >= 11 is 5.88.